The van der Waals surface area contributed by atoms with Gasteiger partial charge in [0.05, 0.1) is 11.2 Å². The maximum atomic E-state index is 12.6. The lowest BCUT2D eigenvalue weighted by molar-refractivity contribution is -0.119. The molecule has 1 amide bonds. The number of allylic oxidation sites excluding steroid dienone is 1. The zero-order valence-corrected chi connectivity index (χ0v) is 13.2. The summed E-state index contributed by atoms with van der Waals surface area (Å²) in [5, 5.41) is 3.68. The van der Waals surface area contributed by atoms with Crippen LogP contribution in [0.4, 0.5) is 5.69 Å². The van der Waals surface area contributed by atoms with Crippen LogP contribution in [0, 0.1) is 5.92 Å². The Hall–Kier alpha value is -1.48. The molecule has 21 heavy (non-hydrogen) atoms. The van der Waals surface area contributed by atoms with Crippen LogP contribution in [0.1, 0.15) is 39.2 Å². The second-order valence-electron chi connectivity index (χ2n) is 6.80. The van der Waals surface area contributed by atoms with Gasteiger partial charge < -0.3 is 10.1 Å². The molecule has 0 aromatic heterocycles. The summed E-state index contributed by atoms with van der Waals surface area (Å²) in [5.74, 6) is 1.30. The van der Waals surface area contributed by atoms with Crippen molar-refractivity contribution >= 4 is 23.2 Å². The fourth-order valence-corrected chi connectivity index (χ4v) is 4.39. The second kappa shape index (κ2) is 3.83. The summed E-state index contributed by atoms with van der Waals surface area (Å²) in [6.45, 7) is 6.24. The molecule has 0 bridgehead atoms. The Bertz CT molecular complexity index is 695. The van der Waals surface area contributed by atoms with E-state index < -0.39 is 5.41 Å². The Labute approximate surface area is 129 Å². The summed E-state index contributed by atoms with van der Waals surface area (Å²) >= 11 is 6.14. The Balaban J connectivity index is 1.73. The molecule has 1 fully saturated rings. The number of carbonyl (C=O) groups is 1. The lowest BCUT2D eigenvalue weighted by Crippen LogP contribution is -2.34. The molecular formula is C17H18ClNO2. The Morgan fingerprint density at radius 2 is 2.14 bits per heavy atom. The number of fused-ring (bicyclic) bond motifs is 2. The van der Waals surface area contributed by atoms with Crippen LogP contribution in [-0.4, -0.2) is 11.5 Å². The standard InChI is InChI=1S/C17H18ClNO2/c1-9-7-16(3,21-10(9)2)14-8-17(14)12-6-11(18)4-5-13(12)19-15(17)20/h4-6,14H,7-8H2,1-3H3,(H,19,20). The number of hydrogen-bond donors (Lipinski definition) is 1. The third-order valence-electron chi connectivity index (χ3n) is 5.42. The highest BCUT2D eigenvalue weighted by Gasteiger charge is 2.71. The van der Waals surface area contributed by atoms with E-state index in [1.807, 2.05) is 25.1 Å². The van der Waals surface area contributed by atoms with E-state index in [2.05, 4.69) is 19.2 Å². The summed E-state index contributed by atoms with van der Waals surface area (Å²) in [4.78, 5) is 12.6. The van der Waals surface area contributed by atoms with Crippen LogP contribution in [0.3, 0.4) is 0 Å². The van der Waals surface area contributed by atoms with Gasteiger partial charge in [0.25, 0.3) is 0 Å². The fraction of sp³-hybridized carbons (Fsp3) is 0.471. The van der Waals surface area contributed by atoms with Crippen molar-refractivity contribution in [1.82, 2.24) is 0 Å². The van der Waals surface area contributed by atoms with E-state index in [-0.39, 0.29) is 17.4 Å². The van der Waals surface area contributed by atoms with Crippen molar-refractivity contribution in [2.75, 3.05) is 5.32 Å². The molecule has 110 valence electrons. The average Bonchev–Trinajstić information content (AvgIpc) is 3.04. The van der Waals surface area contributed by atoms with Gasteiger partial charge >= 0.3 is 0 Å². The minimum atomic E-state index is -0.445. The minimum absolute atomic E-state index is 0.0943. The maximum Gasteiger partial charge on any atom is 0.235 e. The van der Waals surface area contributed by atoms with Gasteiger partial charge in [0.1, 0.15) is 5.60 Å². The summed E-state index contributed by atoms with van der Waals surface area (Å²) in [5.41, 5.74) is 2.49. The highest BCUT2D eigenvalue weighted by atomic mass is 35.5. The SMILES string of the molecule is CC1=C(C)OC(C)(C2CC23C(=O)Nc2ccc(Cl)cc23)C1. The van der Waals surface area contributed by atoms with E-state index in [9.17, 15) is 4.79 Å². The summed E-state index contributed by atoms with van der Waals surface area (Å²) in [6.07, 6.45) is 1.73. The highest BCUT2D eigenvalue weighted by molar-refractivity contribution is 6.31. The molecule has 1 spiro atoms. The monoisotopic (exact) mass is 303 g/mol. The smallest absolute Gasteiger partial charge is 0.235 e. The Morgan fingerprint density at radius 1 is 1.38 bits per heavy atom. The van der Waals surface area contributed by atoms with Gasteiger partial charge in [-0.1, -0.05) is 11.6 Å². The third kappa shape index (κ3) is 1.58. The van der Waals surface area contributed by atoms with Gasteiger partial charge in [-0.2, -0.15) is 0 Å². The number of benzene rings is 1. The molecule has 0 radical (unpaired) electrons. The van der Waals surface area contributed by atoms with Gasteiger partial charge in [-0.3, -0.25) is 4.79 Å². The van der Waals surface area contributed by atoms with Gasteiger partial charge in [-0.05, 0) is 56.5 Å². The van der Waals surface area contributed by atoms with Crippen LogP contribution in [0.2, 0.25) is 5.02 Å². The Morgan fingerprint density at radius 3 is 2.81 bits per heavy atom. The molecule has 0 saturated heterocycles. The van der Waals surface area contributed by atoms with E-state index in [1.54, 1.807) is 0 Å². The van der Waals surface area contributed by atoms with Crippen LogP contribution in [-0.2, 0) is 14.9 Å². The quantitative estimate of drug-likeness (QED) is 0.851. The third-order valence-corrected chi connectivity index (χ3v) is 5.65. The van der Waals surface area contributed by atoms with Crippen LogP contribution in [0.25, 0.3) is 0 Å². The molecule has 1 aromatic rings. The fourth-order valence-electron chi connectivity index (χ4n) is 4.22. The molecule has 4 heteroatoms. The van der Waals surface area contributed by atoms with Crippen molar-refractivity contribution in [2.45, 2.75) is 44.6 Å². The molecule has 2 aliphatic heterocycles. The highest BCUT2D eigenvalue weighted by Crippen LogP contribution is 2.66. The van der Waals surface area contributed by atoms with E-state index >= 15 is 0 Å². The first-order valence-electron chi connectivity index (χ1n) is 7.34. The number of carbonyl (C=O) groups excluding carboxylic acids is 1. The number of anilines is 1. The molecule has 4 rings (SSSR count). The summed E-state index contributed by atoms with van der Waals surface area (Å²) in [6, 6.07) is 5.65. The molecule has 1 N–H and O–H groups in total. The molecule has 1 aliphatic carbocycles. The van der Waals surface area contributed by atoms with Gasteiger partial charge in [-0.25, -0.2) is 0 Å². The van der Waals surface area contributed by atoms with Crippen molar-refractivity contribution in [2.24, 2.45) is 5.92 Å². The molecule has 2 heterocycles. The minimum Gasteiger partial charge on any atom is -0.492 e. The van der Waals surface area contributed by atoms with Gasteiger partial charge in [0.2, 0.25) is 5.91 Å². The number of nitrogens with one attached hydrogen (secondary N) is 1. The Kier molecular flexibility index (Phi) is 2.41. The van der Waals surface area contributed by atoms with E-state index in [0.29, 0.717) is 5.02 Å². The van der Waals surface area contributed by atoms with Gasteiger partial charge in [0, 0.05) is 23.0 Å². The normalized spacial score (nSPS) is 36.8. The van der Waals surface area contributed by atoms with Crippen molar-refractivity contribution < 1.29 is 9.53 Å². The van der Waals surface area contributed by atoms with Gasteiger partial charge in [-0.15, -0.1) is 0 Å². The molecule has 3 nitrogen and oxygen atoms in total. The number of ether oxygens (including phenoxy) is 1. The number of amides is 1. The van der Waals surface area contributed by atoms with Crippen molar-refractivity contribution in [1.29, 1.82) is 0 Å². The molecule has 3 unspecified atom stereocenters. The predicted octanol–water partition coefficient (Wildman–Crippen LogP) is 4.02. The largest absolute Gasteiger partial charge is 0.492 e. The molecule has 1 saturated carbocycles. The van der Waals surface area contributed by atoms with Crippen molar-refractivity contribution in [3.63, 3.8) is 0 Å². The van der Waals surface area contributed by atoms with E-state index in [4.69, 9.17) is 16.3 Å². The van der Waals surface area contributed by atoms with Crippen LogP contribution in [0.15, 0.2) is 29.5 Å². The molecule has 3 aliphatic rings. The van der Waals surface area contributed by atoms with Crippen molar-refractivity contribution in [3.8, 4) is 0 Å². The molecule has 3 atom stereocenters. The van der Waals surface area contributed by atoms with Crippen molar-refractivity contribution in [3.05, 3.63) is 40.1 Å². The average molecular weight is 304 g/mol. The van der Waals surface area contributed by atoms with Gasteiger partial charge in [0.15, 0.2) is 0 Å². The number of hydrogen-bond acceptors (Lipinski definition) is 2. The predicted molar refractivity (Wildman–Crippen MR) is 82.3 cm³/mol. The summed E-state index contributed by atoms with van der Waals surface area (Å²) < 4.78 is 6.13. The lowest BCUT2D eigenvalue weighted by atomic mass is 9.85. The van der Waals surface area contributed by atoms with Crippen LogP contribution < -0.4 is 5.32 Å². The van der Waals surface area contributed by atoms with E-state index in [1.165, 1.54) is 5.57 Å². The first-order valence-corrected chi connectivity index (χ1v) is 7.71. The number of halogens is 1. The van der Waals surface area contributed by atoms with E-state index in [0.717, 1.165) is 29.9 Å². The first kappa shape index (κ1) is 13.2. The zero-order chi connectivity index (χ0) is 15.0. The van der Waals surface area contributed by atoms with Crippen LogP contribution >= 0.6 is 11.6 Å². The summed E-state index contributed by atoms with van der Waals surface area (Å²) in [7, 11) is 0. The second-order valence-corrected chi connectivity index (χ2v) is 7.24. The molecule has 1 aromatic carbocycles. The maximum absolute atomic E-state index is 12.6. The zero-order valence-electron chi connectivity index (χ0n) is 12.4. The van der Waals surface area contributed by atoms with Crippen LogP contribution in [0.5, 0.6) is 0 Å². The lowest BCUT2D eigenvalue weighted by Gasteiger charge is -2.27. The topological polar surface area (TPSA) is 38.3 Å². The first-order chi connectivity index (χ1) is 9.87. The molecular weight excluding hydrogens is 286 g/mol. The number of rotatable bonds is 1.